The van der Waals surface area contributed by atoms with E-state index in [1.165, 1.54) is 6.92 Å². The van der Waals surface area contributed by atoms with E-state index in [2.05, 4.69) is 5.16 Å². The fourth-order valence-electron chi connectivity index (χ4n) is 4.47. The first-order valence-electron chi connectivity index (χ1n) is 9.42. The molecule has 7 heteroatoms. The zero-order valence-electron chi connectivity index (χ0n) is 16.4. The van der Waals surface area contributed by atoms with Crippen LogP contribution in [0.2, 0.25) is 0 Å². The van der Waals surface area contributed by atoms with Gasteiger partial charge in [0.05, 0.1) is 28.4 Å². The van der Waals surface area contributed by atoms with Crippen molar-refractivity contribution in [3.8, 4) is 0 Å². The minimum absolute atomic E-state index is 0.138. The molecule has 5 rings (SSSR count). The quantitative estimate of drug-likeness (QED) is 0.334. The monoisotopic (exact) mass is 411 g/mol. The third-order valence-corrected chi connectivity index (χ3v) is 7.81. The van der Waals surface area contributed by atoms with Gasteiger partial charge in [0.25, 0.3) is 0 Å². The summed E-state index contributed by atoms with van der Waals surface area (Å²) < 4.78 is 17.9. The number of fused-ring (bicyclic) bond motifs is 1. The molecule has 2 heterocycles. The standard InChI is InChI=1S/C22H21NO5S/c1-4-27-21(25)22(13(2)23-28-14(3)24)19-15-9-5-7-11-17(15)20(29(22)26)18-12-8-6-10-16(18)19/h5-12,19-20H,4H2,1-3H3/b23-13-. The summed E-state index contributed by atoms with van der Waals surface area (Å²) >= 11 is 0. The number of oxime groups is 1. The number of hydrogen-bond donors (Lipinski definition) is 0. The Labute approximate surface area is 171 Å². The van der Waals surface area contributed by atoms with E-state index in [0.717, 1.165) is 22.3 Å². The summed E-state index contributed by atoms with van der Waals surface area (Å²) in [6.07, 6.45) is 0. The third-order valence-electron chi connectivity index (χ3n) is 5.54. The van der Waals surface area contributed by atoms with Crippen LogP contribution in [0.1, 0.15) is 54.2 Å². The number of benzene rings is 2. The van der Waals surface area contributed by atoms with Crippen molar-refractivity contribution in [3.63, 3.8) is 0 Å². The lowest BCUT2D eigenvalue weighted by Crippen LogP contribution is -2.61. The van der Waals surface area contributed by atoms with Gasteiger partial charge in [-0.2, -0.15) is 0 Å². The number of nitrogens with zero attached hydrogens (tertiary/aromatic N) is 1. The van der Waals surface area contributed by atoms with Gasteiger partial charge in [0.15, 0.2) is 4.75 Å². The Morgan fingerprint density at radius 1 is 1.00 bits per heavy atom. The van der Waals surface area contributed by atoms with Gasteiger partial charge >= 0.3 is 11.9 Å². The normalized spacial score (nSPS) is 27.0. The number of carbonyl (C=O) groups is 2. The number of rotatable bonds is 4. The van der Waals surface area contributed by atoms with Crippen molar-refractivity contribution in [3.05, 3.63) is 70.8 Å². The Morgan fingerprint density at radius 3 is 2.00 bits per heavy atom. The van der Waals surface area contributed by atoms with Gasteiger partial charge in [0, 0.05) is 12.8 Å². The summed E-state index contributed by atoms with van der Waals surface area (Å²) in [5.41, 5.74) is 3.88. The molecule has 2 atom stereocenters. The molecule has 1 aliphatic carbocycles. The maximum Gasteiger partial charge on any atom is 0.331 e. The Bertz CT molecular complexity index is 1020. The summed E-state index contributed by atoms with van der Waals surface area (Å²) in [5, 5.41) is 3.41. The van der Waals surface area contributed by atoms with E-state index in [1.54, 1.807) is 13.8 Å². The predicted molar refractivity (Wildman–Crippen MR) is 109 cm³/mol. The molecule has 29 heavy (non-hydrogen) atoms. The van der Waals surface area contributed by atoms with Crippen molar-refractivity contribution in [1.82, 2.24) is 0 Å². The Balaban J connectivity index is 2.05. The van der Waals surface area contributed by atoms with Gasteiger partial charge in [-0.3, -0.25) is 4.21 Å². The number of ether oxygens (including phenoxy) is 1. The summed E-state index contributed by atoms with van der Waals surface area (Å²) in [6, 6.07) is 15.4. The second kappa shape index (κ2) is 7.22. The van der Waals surface area contributed by atoms with E-state index in [-0.39, 0.29) is 12.3 Å². The lowest BCUT2D eigenvalue weighted by atomic mass is 9.69. The average Bonchev–Trinajstić information content (AvgIpc) is 2.72. The zero-order valence-corrected chi connectivity index (χ0v) is 17.2. The molecule has 0 radical (unpaired) electrons. The van der Waals surface area contributed by atoms with Gasteiger partial charge < -0.3 is 9.57 Å². The van der Waals surface area contributed by atoms with Crippen LogP contribution >= 0.6 is 0 Å². The summed E-state index contributed by atoms with van der Waals surface area (Å²) in [6.45, 7) is 4.64. The van der Waals surface area contributed by atoms with Gasteiger partial charge in [-0.25, -0.2) is 9.59 Å². The molecule has 0 amide bonds. The third kappa shape index (κ3) is 2.68. The van der Waals surface area contributed by atoms with Gasteiger partial charge in [-0.1, -0.05) is 53.7 Å². The van der Waals surface area contributed by atoms with Crippen molar-refractivity contribution in [2.45, 2.75) is 36.7 Å². The summed E-state index contributed by atoms with van der Waals surface area (Å²) in [5.74, 6) is -1.79. The van der Waals surface area contributed by atoms with Crippen LogP contribution in [0.4, 0.5) is 0 Å². The molecule has 0 saturated carbocycles. The highest BCUT2D eigenvalue weighted by Gasteiger charge is 2.65. The lowest BCUT2D eigenvalue weighted by molar-refractivity contribution is -0.145. The van der Waals surface area contributed by atoms with Gasteiger partial charge in [0.2, 0.25) is 0 Å². The summed E-state index contributed by atoms with van der Waals surface area (Å²) in [4.78, 5) is 29.6. The van der Waals surface area contributed by atoms with Crippen LogP contribution < -0.4 is 0 Å². The topological polar surface area (TPSA) is 82.0 Å². The highest BCUT2D eigenvalue weighted by molar-refractivity contribution is 7.89. The fourth-order valence-corrected chi connectivity index (χ4v) is 6.77. The van der Waals surface area contributed by atoms with Crippen LogP contribution in [0.25, 0.3) is 0 Å². The SMILES string of the molecule is CCOC(=O)C1(/C(C)=N\OC(C)=O)C2c3ccccc3C(c3ccccc32)S1=O. The second-order valence-electron chi connectivity index (χ2n) is 7.08. The molecule has 2 aromatic rings. The first-order chi connectivity index (χ1) is 13.9. The molecule has 0 aromatic heterocycles. The largest absolute Gasteiger partial charge is 0.465 e. The molecular weight excluding hydrogens is 390 g/mol. The van der Waals surface area contributed by atoms with Gasteiger partial charge in [0.1, 0.15) is 0 Å². The van der Waals surface area contributed by atoms with Crippen molar-refractivity contribution >= 4 is 28.4 Å². The molecule has 0 fully saturated rings. The Morgan fingerprint density at radius 2 is 1.52 bits per heavy atom. The van der Waals surface area contributed by atoms with Crippen LogP contribution in [0.3, 0.4) is 0 Å². The van der Waals surface area contributed by atoms with Crippen LogP contribution in [0, 0.1) is 0 Å². The molecule has 0 spiro atoms. The predicted octanol–water partition coefficient (Wildman–Crippen LogP) is 3.22. The zero-order chi connectivity index (χ0) is 20.8. The number of carbonyl (C=O) groups excluding carboxylic acids is 2. The molecule has 0 saturated heterocycles. The highest BCUT2D eigenvalue weighted by Crippen LogP contribution is 2.59. The van der Waals surface area contributed by atoms with Crippen molar-refractivity contribution in [2.75, 3.05) is 6.61 Å². The maximum absolute atomic E-state index is 14.0. The molecule has 150 valence electrons. The Hall–Kier alpha value is -2.80. The van der Waals surface area contributed by atoms with E-state index in [9.17, 15) is 13.8 Å². The Kier molecular flexibility index (Phi) is 4.86. The molecule has 3 aliphatic rings. The first-order valence-corrected chi connectivity index (χ1v) is 10.6. The van der Waals surface area contributed by atoms with Crippen LogP contribution in [0.5, 0.6) is 0 Å². The molecule has 2 aliphatic heterocycles. The molecule has 2 bridgehead atoms. The maximum atomic E-state index is 14.0. The van der Waals surface area contributed by atoms with E-state index in [1.807, 2.05) is 48.5 Å². The van der Waals surface area contributed by atoms with Crippen molar-refractivity contribution in [1.29, 1.82) is 0 Å². The molecule has 0 N–H and O–H groups in total. The van der Waals surface area contributed by atoms with E-state index in [4.69, 9.17) is 9.57 Å². The molecule has 6 nitrogen and oxygen atoms in total. The fraction of sp³-hybridized carbons (Fsp3) is 0.318. The molecular formula is C22H21NO5S. The van der Waals surface area contributed by atoms with Crippen LogP contribution in [-0.2, 0) is 30.0 Å². The van der Waals surface area contributed by atoms with Crippen molar-refractivity contribution in [2.24, 2.45) is 5.16 Å². The smallest absolute Gasteiger partial charge is 0.331 e. The van der Waals surface area contributed by atoms with Crippen molar-refractivity contribution < 1.29 is 23.4 Å². The number of esters is 1. The van der Waals surface area contributed by atoms with Crippen LogP contribution in [0.15, 0.2) is 53.7 Å². The number of hydrogen-bond acceptors (Lipinski definition) is 6. The van der Waals surface area contributed by atoms with E-state index < -0.39 is 38.7 Å². The lowest BCUT2D eigenvalue weighted by Gasteiger charge is -2.50. The first kappa shape index (κ1) is 19.5. The molecule has 2 unspecified atom stereocenters. The molecule has 2 aromatic carbocycles. The average molecular weight is 411 g/mol. The van der Waals surface area contributed by atoms with Gasteiger partial charge in [-0.15, -0.1) is 0 Å². The van der Waals surface area contributed by atoms with Gasteiger partial charge in [-0.05, 0) is 36.1 Å². The minimum Gasteiger partial charge on any atom is -0.465 e. The van der Waals surface area contributed by atoms with E-state index >= 15 is 0 Å². The minimum atomic E-state index is -1.72. The highest BCUT2D eigenvalue weighted by atomic mass is 32.2. The summed E-state index contributed by atoms with van der Waals surface area (Å²) in [7, 11) is -1.72. The van der Waals surface area contributed by atoms with E-state index in [0.29, 0.717) is 0 Å². The van der Waals surface area contributed by atoms with Crippen LogP contribution in [-0.4, -0.2) is 33.2 Å². The second-order valence-corrected chi connectivity index (χ2v) is 8.79.